The molecule has 0 radical (unpaired) electrons. The zero-order valence-electron chi connectivity index (χ0n) is 13.0. The molecule has 2 N–H and O–H groups in total. The van der Waals surface area contributed by atoms with Gasteiger partial charge < -0.3 is 10.6 Å². The molecule has 0 aliphatic carbocycles. The van der Waals surface area contributed by atoms with Crippen LogP contribution in [0.2, 0.25) is 0 Å². The highest BCUT2D eigenvalue weighted by Crippen LogP contribution is 2.21. The number of piperazine rings is 1. The lowest BCUT2D eigenvalue weighted by atomic mass is 10.1. The Kier molecular flexibility index (Phi) is 4.36. The van der Waals surface area contributed by atoms with Crippen LogP contribution >= 0.6 is 0 Å². The first-order chi connectivity index (χ1) is 10.6. The van der Waals surface area contributed by atoms with Gasteiger partial charge in [-0.2, -0.15) is 0 Å². The summed E-state index contributed by atoms with van der Waals surface area (Å²) < 4.78 is 0. The molecule has 0 saturated carbocycles. The van der Waals surface area contributed by atoms with Crippen LogP contribution in [0.1, 0.15) is 13.8 Å². The molecule has 2 unspecified atom stereocenters. The number of carbonyl (C=O) groups is 1. The Morgan fingerprint density at radius 1 is 1.27 bits per heavy atom. The average molecular weight is 298 g/mol. The van der Waals surface area contributed by atoms with Gasteiger partial charge in [0.25, 0.3) is 0 Å². The monoisotopic (exact) mass is 298 g/mol. The van der Waals surface area contributed by atoms with Crippen LogP contribution in [0.25, 0.3) is 10.9 Å². The van der Waals surface area contributed by atoms with Crippen molar-refractivity contribution in [3.05, 3.63) is 36.5 Å². The van der Waals surface area contributed by atoms with Gasteiger partial charge in [0.15, 0.2) is 0 Å². The van der Waals surface area contributed by atoms with Crippen molar-refractivity contribution in [3.63, 3.8) is 0 Å². The largest absolute Gasteiger partial charge is 0.324 e. The molecule has 5 heteroatoms. The smallest absolute Gasteiger partial charge is 0.238 e. The molecule has 1 aromatic heterocycles. The van der Waals surface area contributed by atoms with Gasteiger partial charge in [-0.05, 0) is 38.1 Å². The Balaban J connectivity index is 1.68. The van der Waals surface area contributed by atoms with E-state index in [1.807, 2.05) is 30.3 Å². The first-order valence-electron chi connectivity index (χ1n) is 7.74. The van der Waals surface area contributed by atoms with Gasteiger partial charge in [-0.3, -0.25) is 14.7 Å². The molecule has 22 heavy (non-hydrogen) atoms. The second-order valence-electron chi connectivity index (χ2n) is 6.09. The topological polar surface area (TPSA) is 57.3 Å². The quantitative estimate of drug-likeness (QED) is 0.908. The van der Waals surface area contributed by atoms with Crippen LogP contribution in [0.5, 0.6) is 0 Å². The van der Waals surface area contributed by atoms with E-state index in [9.17, 15) is 4.79 Å². The molecule has 1 aliphatic heterocycles. The summed E-state index contributed by atoms with van der Waals surface area (Å²) in [6.07, 6.45) is 1.76. The van der Waals surface area contributed by atoms with Crippen LogP contribution in [0.15, 0.2) is 36.5 Å². The number of aromatic nitrogens is 1. The number of hydrogen-bond acceptors (Lipinski definition) is 4. The van der Waals surface area contributed by atoms with Gasteiger partial charge in [-0.25, -0.2) is 0 Å². The number of nitrogens with zero attached hydrogens (tertiary/aromatic N) is 2. The van der Waals surface area contributed by atoms with Crippen LogP contribution in [0.4, 0.5) is 5.69 Å². The third-order valence-electron chi connectivity index (χ3n) is 3.92. The van der Waals surface area contributed by atoms with E-state index < -0.39 is 0 Å². The number of amides is 1. The van der Waals surface area contributed by atoms with Crippen molar-refractivity contribution in [2.75, 3.05) is 25.0 Å². The predicted octanol–water partition coefficient (Wildman–Crippen LogP) is 1.86. The van der Waals surface area contributed by atoms with E-state index in [1.165, 1.54) is 0 Å². The summed E-state index contributed by atoms with van der Waals surface area (Å²) in [4.78, 5) is 18.9. The van der Waals surface area contributed by atoms with E-state index in [2.05, 4.69) is 34.4 Å². The number of pyridine rings is 1. The zero-order chi connectivity index (χ0) is 15.5. The second-order valence-corrected chi connectivity index (χ2v) is 6.09. The first-order valence-corrected chi connectivity index (χ1v) is 7.74. The molecule has 1 aromatic carbocycles. The Morgan fingerprint density at radius 3 is 2.82 bits per heavy atom. The van der Waals surface area contributed by atoms with Crippen LogP contribution in [-0.2, 0) is 4.79 Å². The molecule has 1 fully saturated rings. The van der Waals surface area contributed by atoms with E-state index >= 15 is 0 Å². The molecule has 0 bridgehead atoms. The fourth-order valence-corrected chi connectivity index (χ4v) is 3.17. The first kappa shape index (κ1) is 14.9. The minimum absolute atomic E-state index is 0.0256. The summed E-state index contributed by atoms with van der Waals surface area (Å²) in [5.74, 6) is 0.0256. The van der Waals surface area contributed by atoms with E-state index in [0.29, 0.717) is 18.6 Å². The Bertz CT molecular complexity index is 657. The number of carbonyl (C=O) groups excluding carboxylic acids is 1. The number of anilines is 1. The van der Waals surface area contributed by atoms with E-state index in [0.717, 1.165) is 29.7 Å². The van der Waals surface area contributed by atoms with Gasteiger partial charge in [-0.15, -0.1) is 0 Å². The third kappa shape index (κ3) is 3.43. The second kappa shape index (κ2) is 6.42. The molecule has 116 valence electrons. The minimum Gasteiger partial charge on any atom is -0.324 e. The molecule has 3 rings (SSSR count). The van der Waals surface area contributed by atoms with E-state index in [1.54, 1.807) is 6.20 Å². The maximum Gasteiger partial charge on any atom is 0.238 e. The zero-order valence-corrected chi connectivity index (χ0v) is 13.0. The summed E-state index contributed by atoms with van der Waals surface area (Å²) in [6.45, 7) is 6.52. The molecule has 1 amide bonds. The highest BCUT2D eigenvalue weighted by molar-refractivity contribution is 6.01. The Labute approximate surface area is 130 Å². The van der Waals surface area contributed by atoms with Crippen LogP contribution in [0, 0.1) is 0 Å². The van der Waals surface area contributed by atoms with Crippen LogP contribution in [-0.4, -0.2) is 47.5 Å². The van der Waals surface area contributed by atoms with Crippen molar-refractivity contribution in [1.29, 1.82) is 0 Å². The lowest BCUT2D eigenvalue weighted by molar-refractivity contribution is -0.117. The van der Waals surface area contributed by atoms with Crippen molar-refractivity contribution in [2.45, 2.75) is 25.9 Å². The van der Waals surface area contributed by atoms with Crippen molar-refractivity contribution in [3.8, 4) is 0 Å². The number of benzene rings is 1. The number of fused-ring (bicyclic) bond motifs is 1. The molecule has 2 heterocycles. The summed E-state index contributed by atoms with van der Waals surface area (Å²) in [7, 11) is 0. The highest BCUT2D eigenvalue weighted by atomic mass is 16.2. The van der Waals surface area contributed by atoms with Crippen molar-refractivity contribution < 1.29 is 4.79 Å². The Morgan fingerprint density at radius 2 is 2.05 bits per heavy atom. The molecule has 2 atom stereocenters. The maximum absolute atomic E-state index is 12.3. The number of rotatable bonds is 3. The number of hydrogen-bond donors (Lipinski definition) is 2. The fourth-order valence-electron chi connectivity index (χ4n) is 3.17. The standard InChI is InChI=1S/C17H22N4O/c1-12-9-21(10-13(2)19-12)11-17(22)20-16-7-3-6-15-14(16)5-4-8-18-15/h3-8,12-13,19H,9-11H2,1-2H3,(H,20,22). The van der Waals surface area contributed by atoms with E-state index in [4.69, 9.17) is 0 Å². The lowest BCUT2D eigenvalue weighted by Crippen LogP contribution is -2.55. The Hall–Kier alpha value is -1.98. The van der Waals surface area contributed by atoms with Gasteiger partial charge in [0.05, 0.1) is 17.7 Å². The summed E-state index contributed by atoms with van der Waals surface area (Å²) >= 11 is 0. The molecular weight excluding hydrogens is 276 g/mol. The molecule has 1 saturated heterocycles. The van der Waals surface area contributed by atoms with Gasteiger partial charge in [0, 0.05) is 36.8 Å². The van der Waals surface area contributed by atoms with Crippen molar-refractivity contribution in [2.24, 2.45) is 0 Å². The minimum atomic E-state index is 0.0256. The summed E-state index contributed by atoms with van der Waals surface area (Å²) in [5, 5.41) is 7.47. The van der Waals surface area contributed by atoms with Gasteiger partial charge >= 0.3 is 0 Å². The van der Waals surface area contributed by atoms with Crippen LogP contribution in [0.3, 0.4) is 0 Å². The summed E-state index contributed by atoms with van der Waals surface area (Å²) in [5.41, 5.74) is 1.72. The SMILES string of the molecule is CC1CN(CC(=O)Nc2cccc3ncccc23)CC(C)N1. The lowest BCUT2D eigenvalue weighted by Gasteiger charge is -2.35. The van der Waals surface area contributed by atoms with Gasteiger partial charge in [0.1, 0.15) is 0 Å². The predicted molar refractivity (Wildman–Crippen MR) is 88.9 cm³/mol. The van der Waals surface area contributed by atoms with Crippen molar-refractivity contribution in [1.82, 2.24) is 15.2 Å². The van der Waals surface area contributed by atoms with Crippen molar-refractivity contribution >= 4 is 22.5 Å². The molecule has 5 nitrogen and oxygen atoms in total. The highest BCUT2D eigenvalue weighted by Gasteiger charge is 2.22. The molecule has 2 aromatic rings. The van der Waals surface area contributed by atoms with E-state index in [-0.39, 0.29) is 5.91 Å². The molecule has 0 spiro atoms. The van der Waals surface area contributed by atoms with Gasteiger partial charge in [0.2, 0.25) is 5.91 Å². The molecule has 1 aliphatic rings. The normalized spacial score (nSPS) is 22.6. The van der Waals surface area contributed by atoms with Gasteiger partial charge in [-0.1, -0.05) is 6.07 Å². The average Bonchev–Trinajstić information content (AvgIpc) is 2.46. The fraction of sp³-hybridized carbons (Fsp3) is 0.412. The maximum atomic E-state index is 12.3. The third-order valence-corrected chi connectivity index (χ3v) is 3.92. The number of nitrogens with one attached hydrogen (secondary N) is 2. The van der Waals surface area contributed by atoms with Crippen LogP contribution < -0.4 is 10.6 Å². The molecular formula is C17H22N4O. The summed E-state index contributed by atoms with van der Waals surface area (Å²) in [6, 6.07) is 10.5.